The average Bonchev–Trinajstić information content (AvgIpc) is 3.99. The Bertz CT molecular complexity index is 4120. The molecule has 13 aromatic rings. The van der Waals surface area contributed by atoms with Crippen LogP contribution in [-0.4, -0.2) is 0 Å². The van der Waals surface area contributed by atoms with Gasteiger partial charge in [0.05, 0.1) is 0 Å². The zero-order valence-electron chi connectivity index (χ0n) is 39.6. The fourth-order valence-corrected chi connectivity index (χ4v) is 11.7. The van der Waals surface area contributed by atoms with Crippen LogP contribution in [0.5, 0.6) is 0 Å². The predicted octanol–water partition coefficient (Wildman–Crippen LogP) is 20.2. The molecular weight excluding hydrogens is 895 g/mol. The van der Waals surface area contributed by atoms with Gasteiger partial charge in [0, 0.05) is 82.1 Å². The molecule has 11 aromatic carbocycles. The average molecular weight is 942 g/mol. The third-order valence-electron chi connectivity index (χ3n) is 13.9. The number of thiophene rings is 1. The summed E-state index contributed by atoms with van der Waals surface area (Å²) in [6, 6.07) is 85.1. The number of allylic oxidation sites excluding steroid dienone is 2. The summed E-state index contributed by atoms with van der Waals surface area (Å²) in [6.07, 6.45) is 6.08. The highest BCUT2D eigenvalue weighted by Gasteiger charge is 2.22. The van der Waals surface area contributed by atoms with E-state index in [2.05, 4.69) is 271 Å². The van der Waals surface area contributed by atoms with Gasteiger partial charge in [-0.3, -0.25) is 0 Å². The molecule has 0 aliphatic rings. The van der Waals surface area contributed by atoms with Crippen LogP contribution in [0.2, 0.25) is 0 Å². The molecule has 0 aliphatic heterocycles. The number of furan rings is 1. The summed E-state index contributed by atoms with van der Waals surface area (Å²) in [5.41, 5.74) is 13.9. The molecule has 0 fully saturated rings. The minimum Gasteiger partial charge on any atom is -0.456 e. The first-order valence-corrected chi connectivity index (χ1v) is 25.2. The van der Waals surface area contributed by atoms with Gasteiger partial charge in [-0.1, -0.05) is 134 Å². The third-order valence-corrected chi connectivity index (χ3v) is 15.1. The number of aryl methyl sites for hydroxylation is 1. The molecular formula is C67H47N3OS. The van der Waals surface area contributed by atoms with Gasteiger partial charge in [-0.25, -0.2) is 0 Å². The molecule has 0 radical (unpaired) electrons. The molecule has 0 spiro atoms. The van der Waals surface area contributed by atoms with Crippen molar-refractivity contribution in [2.45, 2.75) is 6.92 Å². The number of benzene rings is 11. The Hall–Kier alpha value is -9.16. The molecule has 2 heterocycles. The molecule has 0 unspecified atom stereocenters. The van der Waals surface area contributed by atoms with Crippen molar-refractivity contribution in [1.29, 1.82) is 0 Å². The van der Waals surface area contributed by atoms with Crippen LogP contribution in [0.1, 0.15) is 11.1 Å². The Morgan fingerprint density at radius 2 is 0.764 bits per heavy atom. The molecule has 0 amide bonds. The number of hydrogen-bond acceptors (Lipinski definition) is 5. The van der Waals surface area contributed by atoms with E-state index in [4.69, 9.17) is 4.42 Å². The van der Waals surface area contributed by atoms with E-state index in [1.54, 1.807) is 0 Å². The van der Waals surface area contributed by atoms with Gasteiger partial charge in [-0.05, 0) is 167 Å². The van der Waals surface area contributed by atoms with Crippen LogP contribution in [-0.2, 0) is 0 Å². The zero-order valence-corrected chi connectivity index (χ0v) is 40.4. The van der Waals surface area contributed by atoms with Crippen LogP contribution in [0.3, 0.4) is 0 Å². The molecule has 342 valence electrons. The number of para-hydroxylation sites is 4. The van der Waals surface area contributed by atoms with Gasteiger partial charge in [0.2, 0.25) is 0 Å². The van der Waals surface area contributed by atoms with Crippen molar-refractivity contribution in [2.75, 3.05) is 14.7 Å². The smallest absolute Gasteiger partial charge is 0.135 e. The summed E-state index contributed by atoms with van der Waals surface area (Å²) in [5, 5.41) is 9.40. The lowest BCUT2D eigenvalue weighted by atomic mass is 9.91. The van der Waals surface area contributed by atoms with E-state index in [1.165, 1.54) is 52.8 Å². The Morgan fingerprint density at radius 3 is 1.29 bits per heavy atom. The first-order valence-electron chi connectivity index (χ1n) is 24.4. The number of nitrogens with zero attached hydrogens (tertiary/aromatic N) is 3. The molecule has 0 N–H and O–H groups in total. The van der Waals surface area contributed by atoms with E-state index in [0.717, 1.165) is 73.1 Å². The van der Waals surface area contributed by atoms with Crippen molar-refractivity contribution >= 4 is 132 Å². The number of hydrogen-bond donors (Lipinski definition) is 0. The summed E-state index contributed by atoms with van der Waals surface area (Å²) < 4.78 is 9.10. The molecule has 13 rings (SSSR count). The van der Waals surface area contributed by atoms with Crippen molar-refractivity contribution in [2.24, 2.45) is 0 Å². The summed E-state index contributed by atoms with van der Waals surface area (Å²) in [4.78, 5) is 7.05. The van der Waals surface area contributed by atoms with Gasteiger partial charge in [-0.15, -0.1) is 11.3 Å². The minimum absolute atomic E-state index is 0.839. The molecule has 0 aliphatic carbocycles. The lowest BCUT2D eigenvalue weighted by molar-refractivity contribution is 0.669. The fraction of sp³-hybridized carbons (Fsp3) is 0.0149. The number of rotatable bonds is 11. The van der Waals surface area contributed by atoms with E-state index in [1.807, 2.05) is 23.5 Å². The van der Waals surface area contributed by atoms with Crippen molar-refractivity contribution in [3.8, 4) is 0 Å². The lowest BCUT2D eigenvalue weighted by Crippen LogP contribution is -2.10. The van der Waals surface area contributed by atoms with Crippen LogP contribution < -0.4 is 14.7 Å². The number of fused-ring (bicyclic) bond motifs is 9. The summed E-state index contributed by atoms with van der Waals surface area (Å²) in [7, 11) is 0. The van der Waals surface area contributed by atoms with Crippen LogP contribution in [0, 0.1) is 6.92 Å². The highest BCUT2D eigenvalue weighted by atomic mass is 32.1. The molecule has 0 saturated heterocycles. The zero-order chi connectivity index (χ0) is 48.1. The summed E-state index contributed by atoms with van der Waals surface area (Å²) in [6.45, 7) is 6.23. The molecule has 0 atom stereocenters. The van der Waals surface area contributed by atoms with E-state index in [0.29, 0.717) is 0 Å². The van der Waals surface area contributed by atoms with Gasteiger partial charge in [0.25, 0.3) is 0 Å². The Balaban J connectivity index is 1.00. The topological polar surface area (TPSA) is 22.9 Å². The molecule has 72 heavy (non-hydrogen) atoms. The van der Waals surface area contributed by atoms with E-state index >= 15 is 0 Å². The fourth-order valence-electron chi connectivity index (χ4n) is 10.6. The van der Waals surface area contributed by atoms with Crippen molar-refractivity contribution in [3.63, 3.8) is 0 Å². The van der Waals surface area contributed by atoms with Gasteiger partial charge in [0.1, 0.15) is 11.2 Å². The van der Waals surface area contributed by atoms with Gasteiger partial charge in [0.15, 0.2) is 0 Å². The van der Waals surface area contributed by atoms with Crippen LogP contribution in [0.4, 0.5) is 51.2 Å². The van der Waals surface area contributed by atoms with Crippen molar-refractivity contribution in [1.82, 2.24) is 0 Å². The Labute approximate surface area is 422 Å². The maximum atomic E-state index is 6.63. The molecule has 5 heteroatoms. The standard InChI is InChI=1S/C67H47N3OS/c1-3-4-27-55-45(2)56-28-17-18-29-57(56)60-40-50(30-35-58(55)60)70(52-33-38-65-62(42-52)61-41-51(32-37-64(61)71-65)68(46-19-9-5-10-20-46)47-21-11-6-12-22-47)53-34-39-66-63(43-53)59-36-31-54(44-67(59)72-66)69(48-23-13-7-14-24-48)49-25-15-8-16-26-49/h3-44H,1H2,2H3/b27-4-. The van der Waals surface area contributed by atoms with Gasteiger partial charge >= 0.3 is 0 Å². The van der Waals surface area contributed by atoms with Crippen molar-refractivity contribution < 1.29 is 4.42 Å². The molecule has 2 aromatic heterocycles. The highest BCUT2D eigenvalue weighted by Crippen LogP contribution is 2.47. The predicted molar refractivity (Wildman–Crippen MR) is 310 cm³/mol. The van der Waals surface area contributed by atoms with Crippen LogP contribution in [0.25, 0.3) is 69.7 Å². The van der Waals surface area contributed by atoms with Crippen LogP contribution >= 0.6 is 11.3 Å². The first-order chi connectivity index (χ1) is 35.6. The second-order valence-electron chi connectivity index (χ2n) is 18.2. The van der Waals surface area contributed by atoms with E-state index in [-0.39, 0.29) is 0 Å². The minimum atomic E-state index is 0.839. The second-order valence-corrected chi connectivity index (χ2v) is 19.3. The van der Waals surface area contributed by atoms with Crippen LogP contribution in [0.15, 0.2) is 260 Å². The number of anilines is 9. The van der Waals surface area contributed by atoms with Gasteiger partial charge < -0.3 is 19.1 Å². The normalized spacial score (nSPS) is 11.7. The maximum absolute atomic E-state index is 6.63. The highest BCUT2D eigenvalue weighted by molar-refractivity contribution is 7.25. The molecule has 4 nitrogen and oxygen atoms in total. The van der Waals surface area contributed by atoms with Gasteiger partial charge in [-0.2, -0.15) is 0 Å². The van der Waals surface area contributed by atoms with E-state index < -0.39 is 0 Å². The third kappa shape index (κ3) is 7.46. The quantitative estimate of drug-likeness (QED) is 0.0952. The largest absolute Gasteiger partial charge is 0.456 e. The van der Waals surface area contributed by atoms with E-state index in [9.17, 15) is 0 Å². The molecule has 0 saturated carbocycles. The summed E-state index contributed by atoms with van der Waals surface area (Å²) >= 11 is 1.84. The Kier molecular flexibility index (Phi) is 10.7. The maximum Gasteiger partial charge on any atom is 0.135 e. The monoisotopic (exact) mass is 941 g/mol. The first kappa shape index (κ1) is 42.9. The Morgan fingerprint density at radius 1 is 0.347 bits per heavy atom. The molecule has 0 bridgehead atoms. The lowest BCUT2D eigenvalue weighted by Gasteiger charge is -2.27. The van der Waals surface area contributed by atoms with Crippen molar-refractivity contribution in [3.05, 3.63) is 266 Å². The summed E-state index contributed by atoms with van der Waals surface area (Å²) in [5.74, 6) is 0. The second kappa shape index (κ2) is 18.0. The SMILES string of the molecule is C=C/C=C\c1c(C)c2ccccc2c2cc(N(c3ccc4oc5ccc(N(c6ccccc6)c6ccccc6)cc5c4c3)c3ccc4sc5cc(N(c6ccccc6)c6ccccc6)ccc5c4c3)ccc12.